The van der Waals surface area contributed by atoms with Crippen LogP contribution in [0.5, 0.6) is 5.75 Å². The van der Waals surface area contributed by atoms with Gasteiger partial charge in [-0.15, -0.1) is 0 Å². The molecule has 7 nitrogen and oxygen atoms in total. The molecule has 0 saturated carbocycles. The Bertz CT molecular complexity index is 1880. The van der Waals surface area contributed by atoms with E-state index in [9.17, 15) is 14.9 Å². The third kappa shape index (κ3) is 5.57. The Morgan fingerprint density at radius 2 is 1.80 bits per heavy atom. The number of fused-ring (bicyclic) bond motifs is 1. The minimum atomic E-state index is -0.684. The molecule has 0 amide bonds. The normalized spacial score (nSPS) is 14.7. The molecule has 0 spiro atoms. The molecule has 0 bridgehead atoms. The first-order valence-electron chi connectivity index (χ1n) is 12.6. The summed E-state index contributed by atoms with van der Waals surface area (Å²) in [4.78, 5) is 31.9. The van der Waals surface area contributed by atoms with Crippen LogP contribution in [0.3, 0.4) is 0 Å². The SMILES string of the molecule is CCC1=C(C(=O)OC)[C@H](c2ccccc2)n2c(s/c(=C\c3cc(Cl)c(OCc4ccccc4C#N)c(Cl)c3)c2=O)=N1. The number of halogens is 2. The Hall–Kier alpha value is -4.16. The van der Waals surface area contributed by atoms with Gasteiger partial charge in [-0.25, -0.2) is 9.79 Å². The summed E-state index contributed by atoms with van der Waals surface area (Å²) in [6.45, 7) is 2.02. The number of hydrogen-bond donors (Lipinski definition) is 0. The van der Waals surface area contributed by atoms with Gasteiger partial charge >= 0.3 is 5.97 Å². The van der Waals surface area contributed by atoms with E-state index in [4.69, 9.17) is 32.7 Å². The van der Waals surface area contributed by atoms with E-state index in [0.29, 0.717) is 43.7 Å². The molecule has 0 aliphatic carbocycles. The lowest BCUT2D eigenvalue weighted by Crippen LogP contribution is -2.40. The Morgan fingerprint density at radius 1 is 1.12 bits per heavy atom. The van der Waals surface area contributed by atoms with Crippen molar-refractivity contribution in [3.8, 4) is 11.8 Å². The number of allylic oxidation sites excluding steroid dienone is 1. The summed E-state index contributed by atoms with van der Waals surface area (Å²) in [6, 6.07) is 21.2. The van der Waals surface area contributed by atoms with E-state index in [1.807, 2.05) is 43.3 Å². The van der Waals surface area contributed by atoms with Crippen molar-refractivity contribution < 1.29 is 14.3 Å². The van der Waals surface area contributed by atoms with Crippen LogP contribution in [0.4, 0.5) is 0 Å². The molecule has 5 rings (SSSR count). The van der Waals surface area contributed by atoms with E-state index in [2.05, 4.69) is 11.1 Å². The summed E-state index contributed by atoms with van der Waals surface area (Å²) < 4.78 is 12.9. The fourth-order valence-corrected chi connectivity index (χ4v) is 6.31. The molecule has 10 heteroatoms. The smallest absolute Gasteiger partial charge is 0.338 e. The zero-order chi connectivity index (χ0) is 29.1. The van der Waals surface area contributed by atoms with Gasteiger partial charge in [-0.3, -0.25) is 9.36 Å². The Morgan fingerprint density at radius 3 is 2.46 bits per heavy atom. The monoisotopic (exact) mass is 603 g/mol. The average Bonchev–Trinajstić information content (AvgIpc) is 3.29. The zero-order valence-electron chi connectivity index (χ0n) is 22.1. The number of ether oxygens (including phenoxy) is 2. The number of rotatable bonds is 7. The molecule has 0 N–H and O–H groups in total. The second kappa shape index (κ2) is 12.1. The van der Waals surface area contributed by atoms with Crippen molar-refractivity contribution >= 4 is 46.6 Å². The Kier molecular flexibility index (Phi) is 8.41. The number of nitriles is 1. The lowest BCUT2D eigenvalue weighted by Gasteiger charge is -2.25. The molecule has 0 saturated heterocycles. The standard InChI is InChI=1S/C31H23Cl2N3O4S/c1-3-24-26(30(38)39-2)27(19-9-5-4-6-10-19)36-29(37)25(41-31(36)35-24)15-18-13-22(32)28(23(33)14-18)40-17-21-12-8-7-11-20(21)16-34/h4-15,27H,3,17H2,1-2H3/b25-15-/t27-/m0/s1. The van der Waals surface area contributed by atoms with Gasteiger partial charge in [0.25, 0.3) is 5.56 Å². The number of esters is 1. The molecule has 3 aromatic carbocycles. The first-order valence-corrected chi connectivity index (χ1v) is 14.2. The van der Waals surface area contributed by atoms with Crippen LogP contribution in [-0.4, -0.2) is 17.6 Å². The van der Waals surface area contributed by atoms with Crippen LogP contribution in [0.1, 0.15) is 41.6 Å². The van der Waals surface area contributed by atoms with Crippen molar-refractivity contribution in [2.75, 3.05) is 7.11 Å². The fraction of sp³-hybridized carbons (Fsp3) is 0.161. The predicted molar refractivity (Wildman–Crippen MR) is 159 cm³/mol. The third-order valence-corrected chi connectivity index (χ3v) is 8.14. The van der Waals surface area contributed by atoms with Crippen molar-refractivity contribution in [1.82, 2.24) is 4.57 Å². The number of benzene rings is 3. The van der Waals surface area contributed by atoms with Gasteiger partial charge in [0.1, 0.15) is 6.61 Å². The highest BCUT2D eigenvalue weighted by Gasteiger charge is 2.33. The largest absolute Gasteiger partial charge is 0.486 e. The van der Waals surface area contributed by atoms with Crippen LogP contribution in [0, 0.1) is 11.3 Å². The number of thiazole rings is 1. The molecule has 1 atom stereocenters. The first kappa shape index (κ1) is 28.4. The maximum atomic E-state index is 13.8. The van der Waals surface area contributed by atoms with E-state index in [1.165, 1.54) is 23.0 Å². The van der Waals surface area contributed by atoms with Gasteiger partial charge in [0.2, 0.25) is 0 Å². The molecule has 0 unspecified atom stereocenters. The molecule has 4 aromatic rings. The van der Waals surface area contributed by atoms with Gasteiger partial charge in [-0.2, -0.15) is 5.26 Å². The summed E-state index contributed by atoms with van der Waals surface area (Å²) >= 11 is 14.3. The highest BCUT2D eigenvalue weighted by atomic mass is 35.5. The maximum Gasteiger partial charge on any atom is 0.338 e. The number of nitrogens with zero attached hydrogens (tertiary/aromatic N) is 3. The van der Waals surface area contributed by atoms with Crippen LogP contribution in [0.25, 0.3) is 6.08 Å². The number of aromatic nitrogens is 1. The van der Waals surface area contributed by atoms with Gasteiger partial charge in [-0.05, 0) is 41.8 Å². The molecular weight excluding hydrogens is 581 g/mol. The first-order chi connectivity index (χ1) is 19.9. The van der Waals surface area contributed by atoms with Crippen LogP contribution >= 0.6 is 34.5 Å². The quantitative estimate of drug-likeness (QED) is 0.258. The average molecular weight is 605 g/mol. The molecule has 206 valence electrons. The van der Waals surface area contributed by atoms with Gasteiger partial charge < -0.3 is 9.47 Å². The van der Waals surface area contributed by atoms with Crippen molar-refractivity contribution in [2.45, 2.75) is 26.0 Å². The topological polar surface area (TPSA) is 93.7 Å². The molecule has 0 radical (unpaired) electrons. The predicted octanol–water partition coefficient (Wildman–Crippen LogP) is 5.56. The highest BCUT2D eigenvalue weighted by molar-refractivity contribution is 7.07. The minimum absolute atomic E-state index is 0.114. The molecule has 1 aromatic heterocycles. The summed E-state index contributed by atoms with van der Waals surface area (Å²) in [5.74, 6) is -0.251. The van der Waals surface area contributed by atoms with Gasteiger partial charge in [-0.1, -0.05) is 90.0 Å². The number of methoxy groups -OCH3 is 1. The van der Waals surface area contributed by atoms with Crippen LogP contribution < -0.4 is 19.6 Å². The fourth-order valence-electron chi connectivity index (χ4n) is 4.67. The van der Waals surface area contributed by atoms with Gasteiger partial charge in [0, 0.05) is 5.56 Å². The van der Waals surface area contributed by atoms with Crippen LogP contribution in [-0.2, 0) is 16.1 Å². The van der Waals surface area contributed by atoms with E-state index in [1.54, 1.807) is 36.4 Å². The van der Waals surface area contributed by atoms with Crippen molar-refractivity contribution in [3.05, 3.63) is 130 Å². The van der Waals surface area contributed by atoms with Crippen molar-refractivity contribution in [3.63, 3.8) is 0 Å². The van der Waals surface area contributed by atoms with E-state index >= 15 is 0 Å². The number of hydrogen-bond acceptors (Lipinski definition) is 7. The van der Waals surface area contributed by atoms with E-state index < -0.39 is 12.0 Å². The lowest BCUT2D eigenvalue weighted by atomic mass is 9.95. The summed E-state index contributed by atoms with van der Waals surface area (Å²) in [6.07, 6.45) is 2.18. The van der Waals surface area contributed by atoms with Crippen LogP contribution in [0.15, 0.2) is 87.8 Å². The van der Waals surface area contributed by atoms with Crippen LogP contribution in [0.2, 0.25) is 10.0 Å². The highest BCUT2D eigenvalue weighted by Crippen LogP contribution is 2.35. The third-order valence-electron chi connectivity index (χ3n) is 6.59. The molecule has 2 heterocycles. The molecule has 41 heavy (non-hydrogen) atoms. The molecule has 1 aliphatic rings. The van der Waals surface area contributed by atoms with Gasteiger partial charge in [0.15, 0.2) is 10.6 Å². The van der Waals surface area contributed by atoms with Crippen molar-refractivity contribution in [1.29, 1.82) is 5.26 Å². The Balaban J connectivity index is 1.56. The second-order valence-electron chi connectivity index (χ2n) is 9.07. The van der Waals surface area contributed by atoms with Crippen molar-refractivity contribution in [2.24, 2.45) is 4.99 Å². The molecular formula is C31H23Cl2N3O4S. The Labute approximate surface area is 249 Å². The lowest BCUT2D eigenvalue weighted by molar-refractivity contribution is -0.136. The van der Waals surface area contributed by atoms with E-state index in [0.717, 1.165) is 5.56 Å². The summed E-state index contributed by atoms with van der Waals surface area (Å²) in [7, 11) is 1.32. The number of carbonyl (C=O) groups is 1. The minimum Gasteiger partial charge on any atom is -0.486 e. The maximum absolute atomic E-state index is 13.8. The zero-order valence-corrected chi connectivity index (χ0v) is 24.4. The number of carbonyl (C=O) groups excluding carboxylic acids is 1. The summed E-state index contributed by atoms with van der Waals surface area (Å²) in [5.41, 5.74) is 3.18. The molecule has 1 aliphatic heterocycles. The second-order valence-corrected chi connectivity index (χ2v) is 10.9. The van der Waals surface area contributed by atoms with Gasteiger partial charge in [0.05, 0.1) is 50.6 Å². The van der Waals surface area contributed by atoms with E-state index in [-0.39, 0.29) is 28.0 Å². The molecule has 0 fully saturated rings. The summed E-state index contributed by atoms with van der Waals surface area (Å²) in [5, 5.41) is 9.85.